The van der Waals surface area contributed by atoms with Gasteiger partial charge in [-0.2, -0.15) is 0 Å². The number of benzene rings is 1. The number of imide groups is 1. The maximum Gasteiger partial charge on any atom is 0.246 e. The molecule has 1 aromatic carbocycles. The third kappa shape index (κ3) is 3.19. The van der Waals surface area contributed by atoms with Crippen LogP contribution in [0.3, 0.4) is 0 Å². The summed E-state index contributed by atoms with van der Waals surface area (Å²) in [6.07, 6.45) is 2.46. The van der Waals surface area contributed by atoms with E-state index in [0.29, 0.717) is 6.04 Å². The van der Waals surface area contributed by atoms with E-state index in [0.717, 1.165) is 22.3 Å². The van der Waals surface area contributed by atoms with Crippen molar-refractivity contribution < 1.29 is 9.59 Å². The molecule has 5 nitrogen and oxygen atoms in total. The standard InChI is InChI=1S/C14H16BrN3O2/c15-10-1-4-12(9(5-10)6-16-11-2-3-11)18-7-13(19)17-14(20)8-18/h1,4-5,11,16H,2-3,6-8H2,(H,17,19,20). The van der Waals surface area contributed by atoms with Gasteiger partial charge in [-0.05, 0) is 36.6 Å². The Kier molecular flexibility index (Phi) is 3.76. The molecule has 0 spiro atoms. The first-order valence-corrected chi connectivity index (χ1v) is 7.50. The van der Waals surface area contributed by atoms with Crippen LogP contribution in [0.5, 0.6) is 0 Å². The Morgan fingerprint density at radius 3 is 2.60 bits per heavy atom. The monoisotopic (exact) mass is 337 g/mol. The number of nitrogens with one attached hydrogen (secondary N) is 2. The summed E-state index contributed by atoms with van der Waals surface area (Å²) >= 11 is 3.47. The topological polar surface area (TPSA) is 61.4 Å². The molecule has 0 radical (unpaired) electrons. The van der Waals surface area contributed by atoms with E-state index < -0.39 is 0 Å². The second kappa shape index (κ2) is 5.54. The highest BCUT2D eigenvalue weighted by molar-refractivity contribution is 9.10. The molecule has 3 rings (SSSR count). The molecule has 1 aliphatic carbocycles. The molecule has 1 saturated heterocycles. The van der Waals surface area contributed by atoms with E-state index in [1.165, 1.54) is 12.8 Å². The number of halogens is 1. The van der Waals surface area contributed by atoms with Crippen molar-refractivity contribution in [3.8, 4) is 0 Å². The van der Waals surface area contributed by atoms with Gasteiger partial charge in [0.2, 0.25) is 11.8 Å². The Morgan fingerprint density at radius 1 is 1.25 bits per heavy atom. The zero-order valence-electron chi connectivity index (χ0n) is 11.0. The number of piperazine rings is 1. The lowest BCUT2D eigenvalue weighted by molar-refractivity contribution is -0.130. The molecular formula is C14H16BrN3O2. The summed E-state index contributed by atoms with van der Waals surface area (Å²) in [6, 6.07) is 6.56. The first-order chi connectivity index (χ1) is 9.61. The number of anilines is 1. The number of nitrogens with zero attached hydrogens (tertiary/aromatic N) is 1. The molecule has 0 atom stereocenters. The summed E-state index contributed by atoms with van der Waals surface area (Å²) in [5, 5.41) is 5.79. The van der Waals surface area contributed by atoms with Crippen LogP contribution >= 0.6 is 15.9 Å². The van der Waals surface area contributed by atoms with Crippen LogP contribution in [0.2, 0.25) is 0 Å². The van der Waals surface area contributed by atoms with E-state index in [4.69, 9.17) is 0 Å². The fourth-order valence-corrected chi connectivity index (χ4v) is 2.76. The third-order valence-corrected chi connectivity index (χ3v) is 3.98. The molecule has 6 heteroatoms. The van der Waals surface area contributed by atoms with Crippen LogP contribution < -0.4 is 15.5 Å². The van der Waals surface area contributed by atoms with E-state index in [1.807, 2.05) is 23.1 Å². The average molecular weight is 338 g/mol. The quantitative estimate of drug-likeness (QED) is 0.809. The number of hydrogen-bond donors (Lipinski definition) is 2. The van der Waals surface area contributed by atoms with Crippen LogP contribution in [0.1, 0.15) is 18.4 Å². The normalized spacial score (nSPS) is 19.1. The predicted octanol–water partition coefficient (Wildman–Crippen LogP) is 1.16. The molecule has 0 bridgehead atoms. The zero-order chi connectivity index (χ0) is 14.1. The van der Waals surface area contributed by atoms with Gasteiger partial charge in [0, 0.05) is 22.7 Å². The van der Waals surface area contributed by atoms with Crippen LogP contribution in [0.4, 0.5) is 5.69 Å². The van der Waals surface area contributed by atoms with Crippen LogP contribution in [0, 0.1) is 0 Å². The summed E-state index contributed by atoms with van der Waals surface area (Å²) in [6.45, 7) is 1.21. The maximum atomic E-state index is 11.5. The van der Waals surface area contributed by atoms with Crippen molar-refractivity contribution >= 4 is 33.4 Å². The first-order valence-electron chi connectivity index (χ1n) is 6.71. The highest BCUT2D eigenvalue weighted by atomic mass is 79.9. The van der Waals surface area contributed by atoms with E-state index in [-0.39, 0.29) is 24.9 Å². The molecule has 0 aromatic heterocycles. The van der Waals surface area contributed by atoms with Gasteiger partial charge in [0.25, 0.3) is 0 Å². The molecule has 2 fully saturated rings. The van der Waals surface area contributed by atoms with Gasteiger partial charge in [-0.3, -0.25) is 14.9 Å². The van der Waals surface area contributed by atoms with Crippen molar-refractivity contribution in [3.63, 3.8) is 0 Å². The lowest BCUT2D eigenvalue weighted by Gasteiger charge is -2.29. The summed E-state index contributed by atoms with van der Waals surface area (Å²) < 4.78 is 1.00. The molecule has 1 aliphatic heterocycles. The molecule has 2 N–H and O–H groups in total. The fraction of sp³-hybridized carbons (Fsp3) is 0.429. The van der Waals surface area contributed by atoms with Gasteiger partial charge in [-0.1, -0.05) is 15.9 Å². The maximum absolute atomic E-state index is 11.5. The van der Waals surface area contributed by atoms with Gasteiger partial charge in [-0.25, -0.2) is 0 Å². The van der Waals surface area contributed by atoms with Gasteiger partial charge in [0.15, 0.2) is 0 Å². The minimum absolute atomic E-state index is 0.226. The predicted molar refractivity (Wildman–Crippen MR) is 79.4 cm³/mol. The van der Waals surface area contributed by atoms with Crippen LogP contribution in [0.15, 0.2) is 22.7 Å². The number of carbonyl (C=O) groups excluding carboxylic acids is 2. The third-order valence-electron chi connectivity index (χ3n) is 3.49. The molecule has 2 aliphatic rings. The average Bonchev–Trinajstić information content (AvgIpc) is 3.19. The molecule has 20 heavy (non-hydrogen) atoms. The van der Waals surface area contributed by atoms with Crippen molar-refractivity contribution in [1.82, 2.24) is 10.6 Å². The Bertz CT molecular complexity index is 541. The minimum Gasteiger partial charge on any atom is -0.353 e. The molecule has 0 unspecified atom stereocenters. The highest BCUT2D eigenvalue weighted by Gasteiger charge is 2.25. The van der Waals surface area contributed by atoms with Crippen molar-refractivity contribution in [2.75, 3.05) is 18.0 Å². The van der Waals surface area contributed by atoms with Gasteiger partial charge in [-0.15, -0.1) is 0 Å². The van der Waals surface area contributed by atoms with Gasteiger partial charge in [0.05, 0.1) is 13.1 Å². The SMILES string of the molecule is O=C1CN(c2ccc(Br)cc2CNC2CC2)CC(=O)N1. The van der Waals surface area contributed by atoms with E-state index >= 15 is 0 Å². The van der Waals surface area contributed by atoms with Gasteiger partial charge >= 0.3 is 0 Å². The minimum atomic E-state index is -0.245. The fourth-order valence-electron chi connectivity index (χ4n) is 2.35. The lowest BCUT2D eigenvalue weighted by Crippen LogP contribution is -2.51. The molecule has 1 saturated carbocycles. The Morgan fingerprint density at radius 2 is 1.95 bits per heavy atom. The van der Waals surface area contributed by atoms with Gasteiger partial charge in [0.1, 0.15) is 0 Å². The largest absolute Gasteiger partial charge is 0.353 e. The first kappa shape index (κ1) is 13.6. The van der Waals surface area contributed by atoms with Crippen LogP contribution in [0.25, 0.3) is 0 Å². The van der Waals surface area contributed by atoms with E-state index in [2.05, 4.69) is 26.6 Å². The number of rotatable bonds is 4. The summed E-state index contributed by atoms with van der Waals surface area (Å²) in [7, 11) is 0. The number of amides is 2. The van der Waals surface area contributed by atoms with Crippen molar-refractivity contribution in [2.24, 2.45) is 0 Å². The Balaban J connectivity index is 1.82. The smallest absolute Gasteiger partial charge is 0.246 e. The molecular weight excluding hydrogens is 322 g/mol. The molecule has 2 amide bonds. The Hall–Kier alpha value is -1.40. The molecule has 106 valence electrons. The lowest BCUT2D eigenvalue weighted by atomic mass is 10.1. The van der Waals surface area contributed by atoms with E-state index in [9.17, 15) is 9.59 Å². The van der Waals surface area contributed by atoms with E-state index in [1.54, 1.807) is 0 Å². The van der Waals surface area contributed by atoms with Crippen LogP contribution in [-0.4, -0.2) is 30.9 Å². The number of hydrogen-bond acceptors (Lipinski definition) is 4. The summed E-state index contributed by atoms with van der Waals surface area (Å²) in [4.78, 5) is 24.9. The van der Waals surface area contributed by atoms with Gasteiger partial charge < -0.3 is 10.2 Å². The number of carbonyl (C=O) groups is 2. The van der Waals surface area contributed by atoms with Crippen molar-refractivity contribution in [1.29, 1.82) is 0 Å². The second-order valence-corrected chi connectivity index (χ2v) is 6.17. The van der Waals surface area contributed by atoms with Crippen molar-refractivity contribution in [2.45, 2.75) is 25.4 Å². The Labute approximate surface area is 125 Å². The van der Waals surface area contributed by atoms with Crippen LogP contribution in [-0.2, 0) is 16.1 Å². The molecule has 1 aromatic rings. The second-order valence-electron chi connectivity index (χ2n) is 5.26. The highest BCUT2D eigenvalue weighted by Crippen LogP contribution is 2.27. The summed E-state index contributed by atoms with van der Waals surface area (Å²) in [5.41, 5.74) is 2.05. The summed E-state index contributed by atoms with van der Waals surface area (Å²) in [5.74, 6) is -0.490. The zero-order valence-corrected chi connectivity index (χ0v) is 12.6. The molecule has 1 heterocycles. The van der Waals surface area contributed by atoms with Crippen molar-refractivity contribution in [3.05, 3.63) is 28.2 Å².